The van der Waals surface area contributed by atoms with E-state index < -0.39 is 0 Å². The van der Waals surface area contributed by atoms with E-state index in [9.17, 15) is 0 Å². The van der Waals surface area contributed by atoms with Crippen LogP contribution >= 0.6 is 11.5 Å². The third kappa shape index (κ3) is 1.42. The van der Waals surface area contributed by atoms with Crippen LogP contribution in [0, 0.1) is 0 Å². The molecule has 0 aromatic carbocycles. The summed E-state index contributed by atoms with van der Waals surface area (Å²) in [5.41, 5.74) is 0. The number of hydrogen-bond donors (Lipinski definition) is 1. The summed E-state index contributed by atoms with van der Waals surface area (Å²) < 4.78 is 3.99. The van der Waals surface area contributed by atoms with Gasteiger partial charge in [0, 0.05) is 30.7 Å². The van der Waals surface area contributed by atoms with E-state index in [-0.39, 0.29) is 0 Å². The Balaban J connectivity index is 2.00. The molecule has 1 aliphatic rings. The molecule has 1 fully saturated rings. The highest BCUT2D eigenvalue weighted by Crippen LogP contribution is 2.20. The molecule has 4 nitrogen and oxygen atoms in total. The average molecular weight is 184 g/mol. The summed E-state index contributed by atoms with van der Waals surface area (Å²) in [5, 5.41) is 4.32. The van der Waals surface area contributed by atoms with Gasteiger partial charge in [0.05, 0.1) is 0 Å². The summed E-state index contributed by atoms with van der Waals surface area (Å²) in [6, 6.07) is 0.619. The lowest BCUT2D eigenvalue weighted by Gasteiger charge is -2.13. The van der Waals surface area contributed by atoms with E-state index >= 15 is 0 Å². The van der Waals surface area contributed by atoms with Gasteiger partial charge >= 0.3 is 0 Å². The quantitative estimate of drug-likeness (QED) is 0.719. The minimum atomic E-state index is 0.619. The zero-order chi connectivity index (χ0) is 8.39. The Kier molecular flexibility index (Phi) is 2.23. The van der Waals surface area contributed by atoms with Gasteiger partial charge in [-0.2, -0.15) is 4.37 Å². The highest BCUT2D eigenvalue weighted by molar-refractivity contribution is 7.09. The van der Waals surface area contributed by atoms with Crippen molar-refractivity contribution >= 4 is 16.7 Å². The van der Waals surface area contributed by atoms with Crippen molar-refractivity contribution in [1.29, 1.82) is 0 Å². The maximum atomic E-state index is 4.17. The molecule has 12 heavy (non-hydrogen) atoms. The molecule has 2 heterocycles. The molecule has 0 saturated carbocycles. The van der Waals surface area contributed by atoms with Gasteiger partial charge in [0.1, 0.15) is 6.33 Å². The highest BCUT2D eigenvalue weighted by Gasteiger charge is 2.22. The lowest BCUT2D eigenvalue weighted by atomic mass is 10.3. The Bertz CT molecular complexity index is 236. The SMILES string of the molecule is CNC1CCN(c2ncns2)C1. The topological polar surface area (TPSA) is 41.0 Å². The van der Waals surface area contributed by atoms with Gasteiger partial charge in [-0.1, -0.05) is 0 Å². The number of likely N-dealkylation sites (N-methyl/N-ethyl adjacent to an activating group) is 1. The van der Waals surface area contributed by atoms with Gasteiger partial charge < -0.3 is 10.2 Å². The molecule has 1 saturated heterocycles. The number of aromatic nitrogens is 2. The fourth-order valence-corrected chi connectivity index (χ4v) is 2.04. The summed E-state index contributed by atoms with van der Waals surface area (Å²) >= 11 is 1.47. The zero-order valence-corrected chi connectivity index (χ0v) is 7.84. The van der Waals surface area contributed by atoms with Crippen LogP contribution < -0.4 is 10.2 Å². The predicted octanol–water partition coefficient (Wildman–Crippen LogP) is 0.336. The number of anilines is 1. The van der Waals surface area contributed by atoms with Crippen molar-refractivity contribution in [2.24, 2.45) is 0 Å². The second kappa shape index (κ2) is 3.37. The average Bonchev–Trinajstić information content (AvgIpc) is 2.75. The molecular weight excluding hydrogens is 172 g/mol. The Morgan fingerprint density at radius 2 is 2.67 bits per heavy atom. The van der Waals surface area contributed by atoms with Crippen molar-refractivity contribution in [2.45, 2.75) is 12.5 Å². The lowest BCUT2D eigenvalue weighted by molar-refractivity contribution is 0.617. The van der Waals surface area contributed by atoms with Crippen LogP contribution in [0.3, 0.4) is 0 Å². The van der Waals surface area contributed by atoms with Crippen LogP contribution in [0.1, 0.15) is 6.42 Å². The second-order valence-electron chi connectivity index (χ2n) is 2.94. The van der Waals surface area contributed by atoms with E-state index in [0.29, 0.717) is 6.04 Å². The first-order chi connectivity index (χ1) is 5.90. The maximum absolute atomic E-state index is 4.17. The molecule has 1 atom stereocenters. The first kappa shape index (κ1) is 7.94. The molecule has 2 rings (SSSR count). The maximum Gasteiger partial charge on any atom is 0.204 e. The minimum Gasteiger partial charge on any atom is -0.345 e. The Morgan fingerprint density at radius 1 is 1.75 bits per heavy atom. The first-order valence-corrected chi connectivity index (χ1v) is 4.86. The van der Waals surface area contributed by atoms with Crippen molar-refractivity contribution in [3.05, 3.63) is 6.33 Å². The molecule has 1 unspecified atom stereocenters. The monoisotopic (exact) mass is 184 g/mol. The van der Waals surface area contributed by atoms with Gasteiger partial charge in [-0.3, -0.25) is 0 Å². The van der Waals surface area contributed by atoms with Crippen molar-refractivity contribution in [2.75, 3.05) is 25.0 Å². The molecule has 0 amide bonds. The summed E-state index contributed by atoms with van der Waals surface area (Å²) in [5.74, 6) is 0. The van der Waals surface area contributed by atoms with Crippen LogP contribution in [0.25, 0.3) is 0 Å². The molecular formula is C7H12N4S. The number of nitrogens with one attached hydrogen (secondary N) is 1. The first-order valence-electron chi connectivity index (χ1n) is 4.09. The summed E-state index contributed by atoms with van der Waals surface area (Å²) in [6.45, 7) is 2.16. The van der Waals surface area contributed by atoms with Crippen LogP contribution in [0.4, 0.5) is 5.13 Å². The third-order valence-corrected chi connectivity index (χ3v) is 2.94. The van der Waals surface area contributed by atoms with Crippen molar-refractivity contribution < 1.29 is 0 Å². The largest absolute Gasteiger partial charge is 0.345 e. The van der Waals surface area contributed by atoms with Crippen LogP contribution in [0.5, 0.6) is 0 Å². The molecule has 1 aromatic heterocycles. The van der Waals surface area contributed by atoms with Crippen LogP contribution in [0.15, 0.2) is 6.33 Å². The molecule has 0 spiro atoms. The van der Waals surface area contributed by atoms with E-state index in [2.05, 4.69) is 19.6 Å². The summed E-state index contributed by atoms with van der Waals surface area (Å²) in [4.78, 5) is 6.45. The van der Waals surface area contributed by atoms with Gasteiger partial charge in [0.25, 0.3) is 0 Å². The van der Waals surface area contributed by atoms with Crippen molar-refractivity contribution in [3.8, 4) is 0 Å². The predicted molar refractivity (Wildman–Crippen MR) is 49.6 cm³/mol. The van der Waals surface area contributed by atoms with Crippen molar-refractivity contribution in [3.63, 3.8) is 0 Å². The van der Waals surface area contributed by atoms with E-state index in [4.69, 9.17) is 0 Å². The Hall–Kier alpha value is -0.680. The Labute approximate surface area is 75.8 Å². The van der Waals surface area contributed by atoms with E-state index in [1.807, 2.05) is 7.05 Å². The molecule has 0 aliphatic carbocycles. The molecule has 5 heteroatoms. The molecule has 1 N–H and O–H groups in total. The van der Waals surface area contributed by atoms with Crippen LogP contribution in [0.2, 0.25) is 0 Å². The third-order valence-electron chi connectivity index (χ3n) is 2.22. The standard InChI is InChI=1S/C7H12N4S/c1-8-6-2-3-11(4-6)7-9-5-10-12-7/h5-6,8H,2-4H2,1H3. The van der Waals surface area contributed by atoms with Crippen LogP contribution in [-0.4, -0.2) is 35.5 Å². The number of nitrogens with zero attached hydrogens (tertiary/aromatic N) is 3. The number of rotatable bonds is 2. The van der Waals surface area contributed by atoms with Gasteiger partial charge in [-0.05, 0) is 13.5 Å². The number of hydrogen-bond acceptors (Lipinski definition) is 5. The molecule has 66 valence electrons. The minimum absolute atomic E-state index is 0.619. The highest BCUT2D eigenvalue weighted by atomic mass is 32.1. The smallest absolute Gasteiger partial charge is 0.204 e. The molecule has 0 radical (unpaired) electrons. The van der Waals surface area contributed by atoms with Gasteiger partial charge in [0.15, 0.2) is 0 Å². The zero-order valence-electron chi connectivity index (χ0n) is 7.03. The Morgan fingerprint density at radius 3 is 3.25 bits per heavy atom. The van der Waals surface area contributed by atoms with Gasteiger partial charge in [-0.25, -0.2) is 4.98 Å². The molecule has 1 aliphatic heterocycles. The van der Waals surface area contributed by atoms with Crippen molar-refractivity contribution in [1.82, 2.24) is 14.7 Å². The summed E-state index contributed by atoms with van der Waals surface area (Å²) in [7, 11) is 2.01. The molecule has 0 bridgehead atoms. The lowest BCUT2D eigenvalue weighted by Crippen LogP contribution is -2.29. The molecule has 1 aromatic rings. The van der Waals surface area contributed by atoms with E-state index in [1.165, 1.54) is 18.0 Å². The second-order valence-corrected chi connectivity index (χ2v) is 3.70. The fourth-order valence-electron chi connectivity index (χ4n) is 1.48. The van der Waals surface area contributed by atoms with E-state index in [0.717, 1.165) is 18.2 Å². The normalized spacial score (nSPS) is 23.4. The van der Waals surface area contributed by atoms with Gasteiger partial charge in [0.2, 0.25) is 5.13 Å². The van der Waals surface area contributed by atoms with Crippen LogP contribution in [-0.2, 0) is 0 Å². The van der Waals surface area contributed by atoms with Gasteiger partial charge in [-0.15, -0.1) is 0 Å². The van der Waals surface area contributed by atoms with E-state index in [1.54, 1.807) is 6.33 Å². The summed E-state index contributed by atoms with van der Waals surface area (Å²) in [6.07, 6.45) is 2.82. The fraction of sp³-hybridized carbons (Fsp3) is 0.714.